The molecule has 1 aromatic heterocycles. The van der Waals surface area contributed by atoms with E-state index in [1.807, 2.05) is 6.07 Å². The van der Waals surface area contributed by atoms with Gasteiger partial charge in [0.1, 0.15) is 0 Å². The Morgan fingerprint density at radius 1 is 1.47 bits per heavy atom. The third-order valence-corrected chi connectivity index (χ3v) is 3.87. The van der Waals surface area contributed by atoms with E-state index < -0.39 is 15.3 Å². The van der Waals surface area contributed by atoms with E-state index >= 15 is 0 Å². The van der Waals surface area contributed by atoms with Crippen LogP contribution < -0.4 is 4.72 Å². The molecule has 7 heteroatoms. The number of aromatic nitrogens is 2. The maximum absolute atomic E-state index is 11.7. The molecular formula is C10H10N4O2S. The molecule has 0 aliphatic carbocycles. The van der Waals surface area contributed by atoms with E-state index in [0.717, 1.165) is 5.52 Å². The first-order valence-corrected chi connectivity index (χ1v) is 6.43. The summed E-state index contributed by atoms with van der Waals surface area (Å²) < 4.78 is 25.7. The molecule has 1 unspecified atom stereocenters. The van der Waals surface area contributed by atoms with Crippen LogP contribution in [0.15, 0.2) is 24.3 Å². The van der Waals surface area contributed by atoms with Gasteiger partial charge in [0.2, 0.25) is 10.0 Å². The van der Waals surface area contributed by atoms with Crippen molar-refractivity contribution < 1.29 is 8.42 Å². The lowest BCUT2D eigenvalue weighted by Gasteiger charge is -2.06. The highest BCUT2D eigenvalue weighted by molar-refractivity contribution is 7.93. The number of hydrogen-bond donors (Lipinski definition) is 2. The lowest BCUT2D eigenvalue weighted by molar-refractivity contribution is 0.597. The van der Waals surface area contributed by atoms with Gasteiger partial charge in [0.25, 0.3) is 0 Å². The first-order chi connectivity index (χ1) is 8.04. The van der Waals surface area contributed by atoms with Gasteiger partial charge in [-0.3, -0.25) is 9.82 Å². The zero-order valence-corrected chi connectivity index (χ0v) is 9.82. The molecule has 2 rings (SSSR count). The van der Waals surface area contributed by atoms with E-state index in [1.165, 1.54) is 6.92 Å². The fourth-order valence-corrected chi connectivity index (χ4v) is 2.07. The quantitative estimate of drug-likeness (QED) is 0.855. The number of nitrogens with zero attached hydrogens (tertiary/aromatic N) is 2. The monoisotopic (exact) mass is 250 g/mol. The lowest BCUT2D eigenvalue weighted by atomic mass is 10.2. The molecule has 2 aromatic rings. The van der Waals surface area contributed by atoms with Gasteiger partial charge in [-0.2, -0.15) is 10.4 Å². The van der Waals surface area contributed by atoms with Gasteiger partial charge in [-0.25, -0.2) is 8.42 Å². The fourth-order valence-electron chi connectivity index (χ4n) is 1.33. The predicted molar refractivity (Wildman–Crippen MR) is 63.7 cm³/mol. The normalized spacial score (nSPS) is 13.2. The van der Waals surface area contributed by atoms with Gasteiger partial charge < -0.3 is 0 Å². The number of nitriles is 1. The van der Waals surface area contributed by atoms with Crippen LogP contribution in [0.2, 0.25) is 0 Å². The minimum absolute atomic E-state index is 0.211. The summed E-state index contributed by atoms with van der Waals surface area (Å²) in [6.07, 6.45) is 0. The third kappa shape index (κ3) is 2.07. The van der Waals surface area contributed by atoms with Crippen LogP contribution in [0.4, 0.5) is 5.82 Å². The molecule has 0 spiro atoms. The van der Waals surface area contributed by atoms with Crippen molar-refractivity contribution in [1.82, 2.24) is 10.2 Å². The molecule has 1 aromatic carbocycles. The molecule has 0 saturated heterocycles. The molecule has 88 valence electrons. The summed E-state index contributed by atoms with van der Waals surface area (Å²) in [7, 11) is -3.72. The SMILES string of the molecule is CC(C#N)S(=O)(=O)Nc1n[nH]c2ccccc12. The van der Waals surface area contributed by atoms with Crippen molar-refractivity contribution >= 4 is 26.7 Å². The highest BCUT2D eigenvalue weighted by atomic mass is 32.2. The highest BCUT2D eigenvalue weighted by Gasteiger charge is 2.21. The van der Waals surface area contributed by atoms with Crippen LogP contribution in [-0.4, -0.2) is 23.9 Å². The second-order valence-electron chi connectivity index (χ2n) is 3.54. The fraction of sp³-hybridized carbons (Fsp3) is 0.200. The summed E-state index contributed by atoms with van der Waals surface area (Å²) in [5.41, 5.74) is 0.731. The summed E-state index contributed by atoms with van der Waals surface area (Å²) in [5.74, 6) is 0.211. The summed E-state index contributed by atoms with van der Waals surface area (Å²) in [4.78, 5) is 0. The Morgan fingerprint density at radius 3 is 2.88 bits per heavy atom. The number of benzene rings is 1. The molecule has 0 aliphatic heterocycles. The molecule has 1 heterocycles. The maximum atomic E-state index is 11.7. The molecule has 17 heavy (non-hydrogen) atoms. The number of sulfonamides is 1. The van der Waals surface area contributed by atoms with Crippen LogP contribution in [0.5, 0.6) is 0 Å². The third-order valence-electron chi connectivity index (χ3n) is 2.36. The number of anilines is 1. The highest BCUT2D eigenvalue weighted by Crippen LogP contribution is 2.21. The zero-order valence-electron chi connectivity index (χ0n) is 9.01. The van der Waals surface area contributed by atoms with Crippen molar-refractivity contribution in [1.29, 1.82) is 5.26 Å². The van der Waals surface area contributed by atoms with Gasteiger partial charge in [-0.15, -0.1) is 0 Å². The van der Waals surface area contributed by atoms with Crippen molar-refractivity contribution in [3.63, 3.8) is 0 Å². The minimum atomic E-state index is -3.72. The van der Waals surface area contributed by atoms with E-state index in [2.05, 4.69) is 14.9 Å². The molecule has 0 amide bonds. The van der Waals surface area contributed by atoms with Gasteiger partial charge in [0, 0.05) is 5.39 Å². The summed E-state index contributed by atoms with van der Waals surface area (Å²) in [5, 5.41) is 14.7. The van der Waals surface area contributed by atoms with E-state index in [-0.39, 0.29) is 5.82 Å². The Morgan fingerprint density at radius 2 is 2.18 bits per heavy atom. The second kappa shape index (κ2) is 4.07. The van der Waals surface area contributed by atoms with E-state index in [9.17, 15) is 8.42 Å². The number of para-hydroxylation sites is 1. The number of H-pyrrole nitrogens is 1. The van der Waals surface area contributed by atoms with Crippen molar-refractivity contribution in [2.75, 3.05) is 4.72 Å². The van der Waals surface area contributed by atoms with Crippen LogP contribution in [0.3, 0.4) is 0 Å². The smallest absolute Gasteiger partial charge is 0.250 e. The lowest BCUT2D eigenvalue weighted by Crippen LogP contribution is -2.24. The Balaban J connectivity index is 2.41. The molecule has 0 saturated carbocycles. The van der Waals surface area contributed by atoms with Crippen LogP contribution in [0.1, 0.15) is 6.92 Å². The molecule has 1 atom stereocenters. The number of hydrogen-bond acceptors (Lipinski definition) is 4. The predicted octanol–water partition coefficient (Wildman–Crippen LogP) is 1.22. The molecule has 0 bridgehead atoms. The largest absolute Gasteiger partial charge is 0.276 e. The zero-order chi connectivity index (χ0) is 12.5. The average molecular weight is 250 g/mol. The van der Waals surface area contributed by atoms with Crippen LogP contribution >= 0.6 is 0 Å². The van der Waals surface area contributed by atoms with Crippen LogP contribution in [0, 0.1) is 11.3 Å². The van der Waals surface area contributed by atoms with Crippen molar-refractivity contribution in [3.05, 3.63) is 24.3 Å². The summed E-state index contributed by atoms with van der Waals surface area (Å²) in [6.45, 7) is 1.32. The second-order valence-corrected chi connectivity index (χ2v) is 5.54. The number of rotatable bonds is 3. The molecule has 0 fully saturated rings. The van der Waals surface area contributed by atoms with Crippen LogP contribution in [0.25, 0.3) is 10.9 Å². The molecular weight excluding hydrogens is 240 g/mol. The molecule has 0 aliphatic rings. The minimum Gasteiger partial charge on any atom is -0.276 e. The Hall–Kier alpha value is -2.07. The Labute approximate surface area is 98.3 Å². The van der Waals surface area contributed by atoms with Crippen molar-refractivity contribution in [3.8, 4) is 6.07 Å². The van der Waals surface area contributed by atoms with E-state index in [1.54, 1.807) is 24.3 Å². The van der Waals surface area contributed by atoms with E-state index in [0.29, 0.717) is 5.39 Å². The van der Waals surface area contributed by atoms with E-state index in [4.69, 9.17) is 5.26 Å². The van der Waals surface area contributed by atoms with Gasteiger partial charge >= 0.3 is 0 Å². The maximum Gasteiger partial charge on any atom is 0.250 e. The number of fused-ring (bicyclic) bond motifs is 1. The number of nitrogens with one attached hydrogen (secondary N) is 2. The van der Waals surface area contributed by atoms with Gasteiger partial charge in [0.05, 0.1) is 11.6 Å². The average Bonchev–Trinajstić information content (AvgIpc) is 2.71. The first-order valence-electron chi connectivity index (χ1n) is 4.89. The van der Waals surface area contributed by atoms with Crippen molar-refractivity contribution in [2.45, 2.75) is 12.2 Å². The summed E-state index contributed by atoms with van der Waals surface area (Å²) >= 11 is 0. The topological polar surface area (TPSA) is 98.6 Å². The van der Waals surface area contributed by atoms with Gasteiger partial charge in [-0.1, -0.05) is 12.1 Å². The first kappa shape index (κ1) is 11.4. The standard InChI is InChI=1S/C10H10N4O2S/c1-7(6-11)17(15,16)14-10-8-4-2-3-5-9(8)12-13-10/h2-5,7H,1H3,(H2,12,13,14). The Kier molecular flexibility index (Phi) is 2.73. The van der Waals surface area contributed by atoms with Crippen LogP contribution in [-0.2, 0) is 10.0 Å². The van der Waals surface area contributed by atoms with Crippen molar-refractivity contribution in [2.24, 2.45) is 0 Å². The molecule has 6 nitrogen and oxygen atoms in total. The summed E-state index contributed by atoms with van der Waals surface area (Å²) in [6, 6.07) is 8.80. The molecule has 0 radical (unpaired) electrons. The van der Waals surface area contributed by atoms with Gasteiger partial charge in [-0.05, 0) is 19.1 Å². The number of aromatic amines is 1. The Bertz CT molecular complexity index is 684. The molecule has 2 N–H and O–H groups in total. The van der Waals surface area contributed by atoms with Gasteiger partial charge in [0.15, 0.2) is 11.1 Å².